The molecule has 0 heterocycles. The molecule has 0 saturated carbocycles. The van der Waals surface area contributed by atoms with E-state index in [0.717, 1.165) is 31.0 Å². The first-order valence-electron chi connectivity index (χ1n) is 5.67. The van der Waals surface area contributed by atoms with E-state index in [-0.39, 0.29) is 29.5 Å². The molecule has 0 unspecified atom stereocenters. The minimum Gasteiger partial charge on any atom is -0.508 e. The van der Waals surface area contributed by atoms with Gasteiger partial charge in [-0.1, -0.05) is 19.8 Å². The minimum absolute atomic E-state index is 0. The van der Waals surface area contributed by atoms with E-state index in [9.17, 15) is 18.3 Å². The monoisotopic (exact) mass is 299 g/mol. The Morgan fingerprint density at radius 2 is 2.00 bits per heavy atom. The van der Waals surface area contributed by atoms with Gasteiger partial charge in [0, 0.05) is 11.6 Å². The maximum Gasteiger partial charge on any atom is 0.573 e. The number of alkyl halides is 3. The molecule has 1 rings (SSSR count). The van der Waals surface area contributed by atoms with Crippen molar-refractivity contribution in [2.45, 2.75) is 38.6 Å². The molecule has 0 aliphatic carbocycles. The largest absolute Gasteiger partial charge is 0.573 e. The lowest BCUT2D eigenvalue weighted by Crippen LogP contribution is -2.18. The first-order valence-corrected chi connectivity index (χ1v) is 5.67. The van der Waals surface area contributed by atoms with E-state index in [0.29, 0.717) is 6.42 Å². The fraction of sp³-hybridized carbons (Fsp3) is 0.500. The molecule has 0 amide bonds. The molecule has 0 aliphatic rings. The van der Waals surface area contributed by atoms with Gasteiger partial charge in [-0.3, -0.25) is 0 Å². The average molecular weight is 300 g/mol. The summed E-state index contributed by atoms with van der Waals surface area (Å²) in [5, 5.41) is 9.59. The van der Waals surface area contributed by atoms with Crippen LogP contribution in [0.3, 0.4) is 0 Å². The Morgan fingerprint density at radius 3 is 2.53 bits per heavy atom. The Balaban J connectivity index is 0.00000324. The van der Waals surface area contributed by atoms with Gasteiger partial charge in [-0.2, -0.15) is 0 Å². The first kappa shape index (κ1) is 17.9. The van der Waals surface area contributed by atoms with Gasteiger partial charge in [-0.15, -0.1) is 25.6 Å². The number of hydrogen-bond donors (Lipinski definition) is 2. The highest BCUT2D eigenvalue weighted by Gasteiger charge is 2.31. The van der Waals surface area contributed by atoms with E-state index in [4.69, 9.17) is 5.73 Å². The predicted octanol–water partition coefficient (Wildman–Crippen LogP) is 3.90. The Kier molecular flexibility index (Phi) is 7.00. The summed E-state index contributed by atoms with van der Waals surface area (Å²) in [6, 6.07) is 2.84. The van der Waals surface area contributed by atoms with Crippen LogP contribution in [0.1, 0.15) is 37.8 Å². The van der Waals surface area contributed by atoms with Crippen molar-refractivity contribution in [2.75, 3.05) is 0 Å². The van der Waals surface area contributed by atoms with Crippen LogP contribution in [-0.2, 0) is 0 Å². The van der Waals surface area contributed by atoms with E-state index in [2.05, 4.69) is 4.74 Å². The van der Waals surface area contributed by atoms with Gasteiger partial charge in [-0.25, -0.2) is 0 Å². The Labute approximate surface area is 116 Å². The van der Waals surface area contributed by atoms with Crippen LogP contribution >= 0.6 is 12.4 Å². The Bertz CT molecular complexity index is 399. The van der Waals surface area contributed by atoms with Crippen LogP contribution in [0.2, 0.25) is 0 Å². The lowest BCUT2D eigenvalue weighted by atomic mass is 10.0. The van der Waals surface area contributed by atoms with Crippen molar-refractivity contribution in [3.05, 3.63) is 23.8 Å². The number of ether oxygens (including phenoxy) is 1. The number of hydrogen-bond acceptors (Lipinski definition) is 3. The highest BCUT2D eigenvalue weighted by molar-refractivity contribution is 5.85. The van der Waals surface area contributed by atoms with Crippen LogP contribution < -0.4 is 10.5 Å². The molecule has 19 heavy (non-hydrogen) atoms. The van der Waals surface area contributed by atoms with Crippen molar-refractivity contribution < 1.29 is 23.0 Å². The molecule has 3 nitrogen and oxygen atoms in total. The summed E-state index contributed by atoms with van der Waals surface area (Å²) in [6.45, 7) is 1.98. The first-order chi connectivity index (χ1) is 8.33. The van der Waals surface area contributed by atoms with Gasteiger partial charge in [-0.05, 0) is 24.6 Å². The zero-order valence-electron chi connectivity index (χ0n) is 10.4. The summed E-state index contributed by atoms with van der Waals surface area (Å²) in [5.41, 5.74) is 6.09. The zero-order chi connectivity index (χ0) is 13.8. The lowest BCUT2D eigenvalue weighted by molar-refractivity contribution is -0.274. The summed E-state index contributed by atoms with van der Waals surface area (Å²) in [5.74, 6) is -0.490. The number of aromatic hydroxyl groups is 1. The molecule has 0 radical (unpaired) electrons. The average Bonchev–Trinajstić information content (AvgIpc) is 2.26. The number of rotatable bonds is 5. The van der Waals surface area contributed by atoms with Gasteiger partial charge in [0.1, 0.15) is 11.5 Å². The van der Waals surface area contributed by atoms with Gasteiger partial charge in [0.25, 0.3) is 0 Å². The SMILES string of the molecule is CCCC[C@H](N)c1cc(OC(F)(F)F)ccc1O.Cl. The van der Waals surface area contributed by atoms with Gasteiger partial charge in [0.15, 0.2) is 0 Å². The van der Waals surface area contributed by atoms with Gasteiger partial charge in [0.05, 0.1) is 0 Å². The minimum atomic E-state index is -4.75. The van der Waals surface area contributed by atoms with Crippen molar-refractivity contribution in [1.82, 2.24) is 0 Å². The van der Waals surface area contributed by atoms with Crippen molar-refractivity contribution in [1.29, 1.82) is 0 Å². The number of benzene rings is 1. The van der Waals surface area contributed by atoms with Crippen LogP contribution in [0.25, 0.3) is 0 Å². The number of phenols is 1. The van der Waals surface area contributed by atoms with Gasteiger partial charge < -0.3 is 15.6 Å². The lowest BCUT2D eigenvalue weighted by Gasteiger charge is -2.15. The zero-order valence-corrected chi connectivity index (χ0v) is 11.2. The fourth-order valence-electron chi connectivity index (χ4n) is 1.61. The Hall–Kier alpha value is -1.14. The summed E-state index contributed by atoms with van der Waals surface area (Å²) < 4.78 is 40.0. The maximum absolute atomic E-state index is 12.1. The van der Waals surface area contributed by atoms with E-state index in [1.54, 1.807) is 0 Å². The standard InChI is InChI=1S/C12H16F3NO2.ClH/c1-2-3-4-10(16)9-7-8(5-6-11(9)17)18-12(13,14)15;/h5-7,10,17H,2-4,16H2,1H3;1H/t10-;/m0./s1. The quantitative estimate of drug-likeness (QED) is 0.867. The molecule has 1 atom stereocenters. The predicted molar refractivity (Wildman–Crippen MR) is 68.5 cm³/mol. The highest BCUT2D eigenvalue weighted by Crippen LogP contribution is 2.32. The number of halogens is 4. The highest BCUT2D eigenvalue weighted by atomic mass is 35.5. The molecule has 1 aromatic carbocycles. The van der Waals surface area contributed by atoms with E-state index in [1.165, 1.54) is 0 Å². The molecule has 0 aliphatic heterocycles. The molecule has 0 saturated heterocycles. The third kappa shape index (κ3) is 6.02. The normalized spacial score (nSPS) is 12.7. The van der Waals surface area contributed by atoms with Crippen molar-refractivity contribution in [2.24, 2.45) is 5.73 Å². The van der Waals surface area contributed by atoms with Crippen LogP contribution in [0.15, 0.2) is 18.2 Å². The van der Waals surface area contributed by atoms with Crippen LogP contribution in [-0.4, -0.2) is 11.5 Å². The Morgan fingerprint density at radius 1 is 1.37 bits per heavy atom. The fourth-order valence-corrected chi connectivity index (χ4v) is 1.61. The second kappa shape index (κ2) is 7.45. The topological polar surface area (TPSA) is 55.5 Å². The van der Waals surface area contributed by atoms with Crippen molar-refractivity contribution in [3.63, 3.8) is 0 Å². The van der Waals surface area contributed by atoms with Crippen molar-refractivity contribution in [3.8, 4) is 11.5 Å². The summed E-state index contributed by atoms with van der Waals surface area (Å²) >= 11 is 0. The summed E-state index contributed by atoms with van der Waals surface area (Å²) in [4.78, 5) is 0. The molecule has 0 aromatic heterocycles. The molecule has 0 bridgehead atoms. The number of phenolic OH excluding ortho intramolecular Hbond substituents is 1. The van der Waals surface area contributed by atoms with Gasteiger partial charge >= 0.3 is 6.36 Å². The van der Waals surface area contributed by atoms with E-state index >= 15 is 0 Å². The third-order valence-corrected chi connectivity index (χ3v) is 2.50. The van der Waals surface area contributed by atoms with E-state index < -0.39 is 12.4 Å². The smallest absolute Gasteiger partial charge is 0.508 e. The number of unbranched alkanes of at least 4 members (excludes halogenated alkanes) is 1. The molecule has 0 fully saturated rings. The van der Waals surface area contributed by atoms with E-state index in [1.807, 2.05) is 6.92 Å². The second-order valence-corrected chi connectivity index (χ2v) is 4.02. The molecule has 3 N–H and O–H groups in total. The van der Waals surface area contributed by atoms with Crippen LogP contribution in [0.5, 0.6) is 11.5 Å². The molecule has 1 aromatic rings. The number of nitrogens with two attached hydrogens (primary N) is 1. The summed E-state index contributed by atoms with van der Waals surface area (Å²) in [6.07, 6.45) is -2.39. The molecule has 110 valence electrons. The van der Waals surface area contributed by atoms with Gasteiger partial charge in [0.2, 0.25) is 0 Å². The molecular formula is C12H17ClF3NO2. The molecule has 0 spiro atoms. The third-order valence-electron chi connectivity index (χ3n) is 2.50. The molecular weight excluding hydrogens is 283 g/mol. The second-order valence-electron chi connectivity index (χ2n) is 4.02. The van der Waals surface area contributed by atoms with Crippen LogP contribution in [0, 0.1) is 0 Å². The van der Waals surface area contributed by atoms with Crippen molar-refractivity contribution >= 4 is 12.4 Å². The maximum atomic E-state index is 12.1. The molecule has 7 heteroatoms. The van der Waals surface area contributed by atoms with Crippen LogP contribution in [0.4, 0.5) is 13.2 Å². The summed E-state index contributed by atoms with van der Waals surface area (Å²) in [7, 11) is 0.